The summed E-state index contributed by atoms with van der Waals surface area (Å²) >= 11 is 0. The van der Waals surface area contributed by atoms with Gasteiger partial charge in [-0.1, -0.05) is 30.3 Å². The number of amides is 3. The molecule has 2 atom stereocenters. The Hall–Kier alpha value is -1.92. The SMILES string of the molecule is CCNC(=O)NC(=O)[C@@H](N[C@H](C)COC)c1ccccc1. The molecule has 0 aliphatic carbocycles. The van der Waals surface area contributed by atoms with Gasteiger partial charge in [-0.3, -0.25) is 15.4 Å². The molecule has 0 aliphatic heterocycles. The van der Waals surface area contributed by atoms with E-state index < -0.39 is 18.0 Å². The zero-order valence-electron chi connectivity index (χ0n) is 12.7. The van der Waals surface area contributed by atoms with Crippen molar-refractivity contribution in [2.24, 2.45) is 0 Å². The fourth-order valence-electron chi connectivity index (χ4n) is 1.94. The summed E-state index contributed by atoms with van der Waals surface area (Å²) in [6.45, 7) is 4.64. The number of nitrogens with one attached hydrogen (secondary N) is 3. The molecule has 3 amide bonds. The smallest absolute Gasteiger partial charge is 0.321 e. The van der Waals surface area contributed by atoms with Crippen LogP contribution in [0.25, 0.3) is 0 Å². The van der Waals surface area contributed by atoms with E-state index in [1.807, 2.05) is 37.3 Å². The maximum absolute atomic E-state index is 12.3. The number of methoxy groups -OCH3 is 1. The second kappa shape index (κ2) is 9.10. The summed E-state index contributed by atoms with van der Waals surface area (Å²) in [5, 5.41) is 8.04. The van der Waals surface area contributed by atoms with Crippen molar-refractivity contribution in [1.29, 1.82) is 0 Å². The Morgan fingerprint density at radius 2 is 1.90 bits per heavy atom. The highest BCUT2D eigenvalue weighted by molar-refractivity contribution is 5.97. The fourth-order valence-corrected chi connectivity index (χ4v) is 1.94. The number of carbonyl (C=O) groups excluding carboxylic acids is 2. The molecule has 0 fully saturated rings. The van der Waals surface area contributed by atoms with Gasteiger partial charge in [-0.15, -0.1) is 0 Å². The molecule has 1 rings (SSSR count). The summed E-state index contributed by atoms with van der Waals surface area (Å²) in [5.74, 6) is -0.393. The Balaban J connectivity index is 2.81. The van der Waals surface area contributed by atoms with E-state index in [9.17, 15) is 9.59 Å². The minimum absolute atomic E-state index is 0.0276. The second-order valence-electron chi connectivity index (χ2n) is 4.72. The van der Waals surface area contributed by atoms with Crippen molar-refractivity contribution in [3.05, 3.63) is 35.9 Å². The number of ether oxygens (including phenoxy) is 1. The van der Waals surface area contributed by atoms with Gasteiger partial charge in [0.15, 0.2) is 0 Å². The average molecular weight is 293 g/mol. The van der Waals surface area contributed by atoms with Gasteiger partial charge in [0.1, 0.15) is 6.04 Å². The van der Waals surface area contributed by atoms with Crippen LogP contribution in [-0.4, -0.2) is 38.2 Å². The van der Waals surface area contributed by atoms with Crippen LogP contribution in [0, 0.1) is 0 Å². The molecule has 0 radical (unpaired) electrons. The molecule has 6 nitrogen and oxygen atoms in total. The molecule has 0 unspecified atom stereocenters. The van der Waals surface area contributed by atoms with Gasteiger partial charge in [-0.25, -0.2) is 4.79 Å². The number of benzene rings is 1. The molecular formula is C15H23N3O3. The Morgan fingerprint density at radius 3 is 2.48 bits per heavy atom. The summed E-state index contributed by atoms with van der Waals surface area (Å²) in [4.78, 5) is 23.8. The zero-order chi connectivity index (χ0) is 15.7. The van der Waals surface area contributed by atoms with Crippen LogP contribution in [-0.2, 0) is 9.53 Å². The van der Waals surface area contributed by atoms with Crippen LogP contribution >= 0.6 is 0 Å². The molecule has 6 heteroatoms. The highest BCUT2D eigenvalue weighted by Crippen LogP contribution is 2.13. The van der Waals surface area contributed by atoms with Crippen molar-refractivity contribution in [2.75, 3.05) is 20.3 Å². The van der Waals surface area contributed by atoms with Gasteiger partial charge >= 0.3 is 6.03 Å². The predicted octanol–water partition coefficient (Wildman–Crippen LogP) is 1.20. The zero-order valence-corrected chi connectivity index (χ0v) is 12.7. The number of imide groups is 1. The van der Waals surface area contributed by atoms with Crippen molar-refractivity contribution in [1.82, 2.24) is 16.0 Å². The minimum Gasteiger partial charge on any atom is -0.383 e. The summed E-state index contributed by atoms with van der Waals surface area (Å²) < 4.78 is 5.07. The van der Waals surface area contributed by atoms with Crippen molar-refractivity contribution in [3.63, 3.8) is 0 Å². The Morgan fingerprint density at radius 1 is 1.24 bits per heavy atom. The molecule has 1 aromatic rings. The standard InChI is InChI=1S/C15H23N3O3/c1-4-16-15(20)18-14(19)13(17-11(2)10-21-3)12-8-6-5-7-9-12/h5-9,11,13,17H,4,10H2,1-3H3,(H2,16,18,19,20)/t11-,13+/m1/s1. The molecule has 0 aliphatic rings. The van der Waals surface area contributed by atoms with Crippen LogP contribution in [0.4, 0.5) is 4.79 Å². The molecule has 0 aromatic heterocycles. The molecule has 0 spiro atoms. The first-order valence-electron chi connectivity index (χ1n) is 6.97. The van der Waals surface area contributed by atoms with E-state index in [4.69, 9.17) is 4.74 Å². The quantitative estimate of drug-likeness (QED) is 0.706. The summed E-state index contributed by atoms with van der Waals surface area (Å²) in [6, 6.07) is 8.13. The maximum atomic E-state index is 12.3. The lowest BCUT2D eigenvalue weighted by atomic mass is 10.1. The Labute approximate surface area is 125 Å². The first-order chi connectivity index (χ1) is 10.1. The largest absolute Gasteiger partial charge is 0.383 e. The normalized spacial score (nSPS) is 13.3. The van der Waals surface area contributed by atoms with E-state index >= 15 is 0 Å². The molecule has 3 N–H and O–H groups in total. The maximum Gasteiger partial charge on any atom is 0.321 e. The summed E-state index contributed by atoms with van der Waals surface area (Å²) in [5.41, 5.74) is 0.794. The van der Waals surface area contributed by atoms with E-state index in [-0.39, 0.29) is 6.04 Å². The third-order valence-electron chi connectivity index (χ3n) is 2.84. The molecule has 0 saturated heterocycles. The number of rotatable bonds is 7. The van der Waals surface area contributed by atoms with Crippen LogP contribution < -0.4 is 16.0 Å². The minimum atomic E-state index is -0.612. The lowest BCUT2D eigenvalue weighted by molar-refractivity contribution is -0.122. The monoisotopic (exact) mass is 293 g/mol. The molecule has 0 heterocycles. The van der Waals surface area contributed by atoms with Gasteiger partial charge < -0.3 is 10.1 Å². The lowest BCUT2D eigenvalue weighted by Crippen LogP contribution is -2.47. The Bertz CT molecular complexity index is 451. The lowest BCUT2D eigenvalue weighted by Gasteiger charge is -2.22. The molecular weight excluding hydrogens is 270 g/mol. The van der Waals surface area contributed by atoms with Gasteiger partial charge in [0.25, 0.3) is 0 Å². The van der Waals surface area contributed by atoms with Gasteiger partial charge in [0, 0.05) is 19.7 Å². The topological polar surface area (TPSA) is 79.5 Å². The number of hydrogen-bond donors (Lipinski definition) is 3. The average Bonchev–Trinajstić information content (AvgIpc) is 2.46. The van der Waals surface area contributed by atoms with Crippen molar-refractivity contribution < 1.29 is 14.3 Å². The Kier molecular flexibility index (Phi) is 7.42. The highest BCUT2D eigenvalue weighted by Gasteiger charge is 2.23. The van der Waals surface area contributed by atoms with Gasteiger partial charge in [0.2, 0.25) is 5.91 Å². The van der Waals surface area contributed by atoms with Gasteiger partial charge in [-0.05, 0) is 19.4 Å². The van der Waals surface area contributed by atoms with Crippen LogP contribution in [0.3, 0.4) is 0 Å². The highest BCUT2D eigenvalue weighted by atomic mass is 16.5. The molecule has 0 saturated carbocycles. The van der Waals surface area contributed by atoms with E-state index in [1.54, 1.807) is 14.0 Å². The number of urea groups is 1. The summed E-state index contributed by atoms with van der Waals surface area (Å²) in [6.07, 6.45) is 0. The predicted molar refractivity (Wildman–Crippen MR) is 80.9 cm³/mol. The van der Waals surface area contributed by atoms with Crippen LogP contribution in [0.15, 0.2) is 30.3 Å². The molecule has 116 valence electrons. The van der Waals surface area contributed by atoms with Crippen LogP contribution in [0.5, 0.6) is 0 Å². The number of hydrogen-bond acceptors (Lipinski definition) is 4. The fraction of sp³-hybridized carbons (Fsp3) is 0.467. The molecule has 21 heavy (non-hydrogen) atoms. The van der Waals surface area contributed by atoms with E-state index in [0.717, 1.165) is 5.56 Å². The van der Waals surface area contributed by atoms with Crippen molar-refractivity contribution >= 4 is 11.9 Å². The third-order valence-corrected chi connectivity index (χ3v) is 2.84. The van der Waals surface area contributed by atoms with Gasteiger partial charge in [-0.2, -0.15) is 0 Å². The van der Waals surface area contributed by atoms with Crippen molar-refractivity contribution in [2.45, 2.75) is 25.9 Å². The third kappa shape index (κ3) is 5.93. The first kappa shape index (κ1) is 17.1. The van der Waals surface area contributed by atoms with Crippen molar-refractivity contribution in [3.8, 4) is 0 Å². The van der Waals surface area contributed by atoms with Crippen LogP contribution in [0.1, 0.15) is 25.5 Å². The van der Waals surface area contributed by atoms with Gasteiger partial charge in [0.05, 0.1) is 6.61 Å². The van der Waals surface area contributed by atoms with E-state index in [0.29, 0.717) is 13.2 Å². The first-order valence-corrected chi connectivity index (χ1v) is 6.97. The number of carbonyl (C=O) groups is 2. The van der Waals surface area contributed by atoms with Crippen LogP contribution in [0.2, 0.25) is 0 Å². The molecule has 1 aromatic carbocycles. The molecule has 0 bridgehead atoms. The van der Waals surface area contributed by atoms with E-state index in [1.165, 1.54) is 0 Å². The second-order valence-corrected chi connectivity index (χ2v) is 4.72. The summed E-state index contributed by atoms with van der Waals surface area (Å²) in [7, 11) is 1.60. The van der Waals surface area contributed by atoms with E-state index in [2.05, 4.69) is 16.0 Å².